The van der Waals surface area contributed by atoms with Crippen molar-refractivity contribution >= 4 is 17.6 Å². The zero-order chi connectivity index (χ0) is 20.1. The second kappa shape index (κ2) is 8.31. The highest BCUT2D eigenvalue weighted by atomic mass is 16.6. The van der Waals surface area contributed by atoms with Gasteiger partial charge in [0, 0.05) is 24.2 Å². The number of hydrogen-bond acceptors (Lipinski definition) is 5. The van der Waals surface area contributed by atoms with Crippen LogP contribution in [0.15, 0.2) is 36.4 Å². The first-order valence-corrected chi connectivity index (χ1v) is 8.14. The standard InChI is InChI=1S/C19H20N2O6/c1-12-8-15(9-13(2)18(12)27-11-17(22)23)19(24)20(3)10-14-6-4-5-7-16(14)21(25)26/h4-9H,10-11H2,1-3H3,(H,22,23). The summed E-state index contributed by atoms with van der Waals surface area (Å²) in [4.78, 5) is 35.5. The molecule has 0 fully saturated rings. The summed E-state index contributed by atoms with van der Waals surface area (Å²) in [7, 11) is 1.57. The maximum absolute atomic E-state index is 12.7. The van der Waals surface area contributed by atoms with Crippen molar-refractivity contribution in [1.82, 2.24) is 4.90 Å². The molecule has 8 heteroatoms. The molecule has 142 valence electrons. The van der Waals surface area contributed by atoms with Crippen molar-refractivity contribution in [2.45, 2.75) is 20.4 Å². The van der Waals surface area contributed by atoms with Crippen LogP contribution in [0.5, 0.6) is 5.75 Å². The molecule has 0 radical (unpaired) electrons. The number of rotatable bonds is 7. The van der Waals surface area contributed by atoms with Gasteiger partial charge in [0.2, 0.25) is 0 Å². The van der Waals surface area contributed by atoms with E-state index >= 15 is 0 Å². The molecule has 0 saturated heterocycles. The zero-order valence-corrected chi connectivity index (χ0v) is 15.3. The monoisotopic (exact) mass is 372 g/mol. The normalized spacial score (nSPS) is 10.3. The third kappa shape index (κ3) is 4.81. The number of amides is 1. The predicted octanol–water partition coefficient (Wildman–Crippen LogP) is 2.95. The van der Waals surface area contributed by atoms with Crippen LogP contribution in [0, 0.1) is 24.0 Å². The summed E-state index contributed by atoms with van der Waals surface area (Å²) >= 11 is 0. The van der Waals surface area contributed by atoms with Crippen LogP contribution in [0.1, 0.15) is 27.0 Å². The Morgan fingerprint density at radius 1 is 1.19 bits per heavy atom. The second-order valence-electron chi connectivity index (χ2n) is 6.17. The van der Waals surface area contributed by atoms with Crippen LogP contribution in [0.25, 0.3) is 0 Å². The number of ether oxygens (including phenoxy) is 1. The topological polar surface area (TPSA) is 110 Å². The zero-order valence-electron chi connectivity index (χ0n) is 15.3. The molecule has 0 bridgehead atoms. The van der Waals surface area contributed by atoms with E-state index in [0.717, 1.165) is 0 Å². The van der Waals surface area contributed by atoms with Gasteiger partial charge in [-0.2, -0.15) is 0 Å². The Balaban J connectivity index is 2.22. The smallest absolute Gasteiger partial charge is 0.341 e. The minimum atomic E-state index is -1.09. The Labute approximate surface area is 156 Å². The largest absolute Gasteiger partial charge is 0.481 e. The minimum Gasteiger partial charge on any atom is -0.481 e. The number of nitrogens with zero attached hydrogens (tertiary/aromatic N) is 2. The van der Waals surface area contributed by atoms with Crippen LogP contribution in [0.3, 0.4) is 0 Å². The van der Waals surface area contributed by atoms with Gasteiger partial charge in [0.05, 0.1) is 11.5 Å². The van der Waals surface area contributed by atoms with Gasteiger partial charge in [-0.3, -0.25) is 14.9 Å². The van der Waals surface area contributed by atoms with Crippen molar-refractivity contribution in [3.05, 3.63) is 68.8 Å². The molecule has 2 aromatic rings. The van der Waals surface area contributed by atoms with Crippen LogP contribution < -0.4 is 4.74 Å². The molecule has 0 atom stereocenters. The molecule has 8 nitrogen and oxygen atoms in total. The van der Waals surface area contributed by atoms with E-state index < -0.39 is 17.5 Å². The fourth-order valence-electron chi connectivity index (χ4n) is 2.81. The lowest BCUT2D eigenvalue weighted by Crippen LogP contribution is -2.26. The average molecular weight is 372 g/mol. The van der Waals surface area contributed by atoms with Crippen LogP contribution in [-0.2, 0) is 11.3 Å². The van der Waals surface area contributed by atoms with Gasteiger partial charge < -0.3 is 14.7 Å². The van der Waals surface area contributed by atoms with Gasteiger partial charge in [-0.15, -0.1) is 0 Å². The second-order valence-corrected chi connectivity index (χ2v) is 6.17. The first-order chi connectivity index (χ1) is 12.7. The van der Waals surface area contributed by atoms with E-state index in [2.05, 4.69) is 0 Å². The van der Waals surface area contributed by atoms with Gasteiger partial charge >= 0.3 is 5.97 Å². The third-order valence-corrected chi connectivity index (χ3v) is 3.99. The number of carboxylic acids is 1. The van der Waals surface area contributed by atoms with E-state index in [1.807, 2.05) is 0 Å². The quantitative estimate of drug-likeness (QED) is 0.591. The first kappa shape index (κ1) is 19.9. The molecule has 1 N–H and O–H groups in total. The Morgan fingerprint density at radius 2 is 1.78 bits per heavy atom. The highest BCUT2D eigenvalue weighted by Crippen LogP contribution is 2.26. The maximum Gasteiger partial charge on any atom is 0.341 e. The predicted molar refractivity (Wildman–Crippen MR) is 97.9 cm³/mol. The van der Waals surface area contributed by atoms with Crippen molar-refractivity contribution in [2.75, 3.05) is 13.7 Å². The summed E-state index contributed by atoms with van der Waals surface area (Å²) < 4.78 is 5.26. The Kier molecular flexibility index (Phi) is 6.12. The molecular formula is C19H20N2O6. The molecule has 2 aromatic carbocycles. The molecule has 1 amide bonds. The summed E-state index contributed by atoms with van der Waals surface area (Å²) in [5, 5.41) is 19.9. The molecule has 0 aliphatic carbocycles. The lowest BCUT2D eigenvalue weighted by Gasteiger charge is -2.19. The number of aliphatic carboxylic acids is 1. The molecule has 0 aliphatic rings. The van der Waals surface area contributed by atoms with Crippen molar-refractivity contribution in [3.8, 4) is 5.75 Å². The number of hydrogen-bond donors (Lipinski definition) is 1. The average Bonchev–Trinajstić information content (AvgIpc) is 2.60. The summed E-state index contributed by atoms with van der Waals surface area (Å²) in [6.07, 6.45) is 0. The number of nitro benzene ring substituents is 1. The summed E-state index contributed by atoms with van der Waals surface area (Å²) in [6.45, 7) is 3.07. The molecular weight excluding hydrogens is 352 g/mol. The summed E-state index contributed by atoms with van der Waals surface area (Å²) in [5.41, 5.74) is 2.07. The van der Waals surface area contributed by atoms with Crippen LogP contribution in [0.4, 0.5) is 5.69 Å². The summed E-state index contributed by atoms with van der Waals surface area (Å²) in [6, 6.07) is 9.50. The fourth-order valence-corrected chi connectivity index (χ4v) is 2.81. The van der Waals surface area contributed by atoms with Crippen molar-refractivity contribution in [1.29, 1.82) is 0 Å². The molecule has 0 aliphatic heterocycles. The highest BCUT2D eigenvalue weighted by Gasteiger charge is 2.19. The van der Waals surface area contributed by atoms with Gasteiger partial charge in [0.25, 0.3) is 11.6 Å². The first-order valence-electron chi connectivity index (χ1n) is 8.14. The van der Waals surface area contributed by atoms with E-state index in [4.69, 9.17) is 9.84 Å². The number of carboxylic acid groups (broad SMARTS) is 1. The fraction of sp³-hybridized carbons (Fsp3) is 0.263. The van der Waals surface area contributed by atoms with Gasteiger partial charge in [0.1, 0.15) is 5.75 Å². The number of aryl methyl sites for hydroxylation is 2. The van der Waals surface area contributed by atoms with E-state index in [1.165, 1.54) is 11.0 Å². The number of carbonyl (C=O) groups excluding carboxylic acids is 1. The van der Waals surface area contributed by atoms with E-state index in [-0.39, 0.29) is 18.1 Å². The molecule has 0 spiro atoms. The van der Waals surface area contributed by atoms with Crippen LogP contribution in [0.2, 0.25) is 0 Å². The number of para-hydroxylation sites is 1. The maximum atomic E-state index is 12.7. The van der Waals surface area contributed by atoms with Gasteiger partial charge in [-0.1, -0.05) is 18.2 Å². The van der Waals surface area contributed by atoms with Crippen molar-refractivity contribution < 1.29 is 24.4 Å². The van der Waals surface area contributed by atoms with Gasteiger partial charge in [-0.25, -0.2) is 4.79 Å². The third-order valence-electron chi connectivity index (χ3n) is 3.99. The Morgan fingerprint density at radius 3 is 2.33 bits per heavy atom. The number of nitro groups is 1. The van der Waals surface area contributed by atoms with Crippen molar-refractivity contribution in [3.63, 3.8) is 0 Å². The number of benzene rings is 2. The van der Waals surface area contributed by atoms with E-state index in [0.29, 0.717) is 28.0 Å². The molecule has 0 saturated carbocycles. The lowest BCUT2D eigenvalue weighted by molar-refractivity contribution is -0.385. The summed E-state index contributed by atoms with van der Waals surface area (Å²) in [5.74, 6) is -0.961. The molecule has 0 unspecified atom stereocenters. The van der Waals surface area contributed by atoms with E-state index in [9.17, 15) is 19.7 Å². The van der Waals surface area contributed by atoms with Crippen LogP contribution >= 0.6 is 0 Å². The van der Waals surface area contributed by atoms with E-state index in [1.54, 1.807) is 51.2 Å². The molecule has 2 rings (SSSR count). The molecule has 0 aromatic heterocycles. The van der Waals surface area contributed by atoms with Gasteiger partial charge in [-0.05, 0) is 37.1 Å². The minimum absolute atomic E-state index is 0.0399. The number of carbonyl (C=O) groups is 2. The van der Waals surface area contributed by atoms with Crippen LogP contribution in [-0.4, -0.2) is 40.5 Å². The molecule has 0 heterocycles. The Hall–Kier alpha value is -3.42. The Bertz CT molecular complexity index is 871. The van der Waals surface area contributed by atoms with Gasteiger partial charge in [0.15, 0.2) is 6.61 Å². The molecule has 27 heavy (non-hydrogen) atoms. The lowest BCUT2D eigenvalue weighted by atomic mass is 10.0. The highest BCUT2D eigenvalue weighted by molar-refractivity contribution is 5.94. The SMILES string of the molecule is Cc1cc(C(=O)N(C)Cc2ccccc2[N+](=O)[O-])cc(C)c1OCC(=O)O. The van der Waals surface area contributed by atoms with Crippen molar-refractivity contribution in [2.24, 2.45) is 0 Å².